The van der Waals surface area contributed by atoms with Gasteiger partial charge in [-0.25, -0.2) is 9.36 Å². The largest absolute Gasteiger partial charge is 0.530 e. The Morgan fingerprint density at radius 1 is 0.857 bits per heavy atom. The first-order valence-corrected chi connectivity index (χ1v) is 9.00. The van der Waals surface area contributed by atoms with Gasteiger partial charge in [-0.05, 0) is 0 Å². The third kappa shape index (κ3) is 7.75. The molecule has 0 fully saturated rings. The molecule has 0 spiro atoms. The van der Waals surface area contributed by atoms with Gasteiger partial charge in [-0.1, -0.05) is 0 Å². The smallest absolute Gasteiger partial charge is 0.394 e. The number of aliphatic hydroxyl groups excluding tert-OH is 9. The van der Waals surface area contributed by atoms with Crippen molar-refractivity contribution in [2.24, 2.45) is 0 Å². The summed E-state index contributed by atoms with van der Waals surface area (Å²) in [5.74, 6) is -2.06. The molecule has 0 saturated heterocycles. The highest BCUT2D eigenvalue weighted by atomic mass is 31.2. The van der Waals surface area contributed by atoms with Gasteiger partial charge in [-0.3, -0.25) is 9.42 Å². The lowest BCUT2D eigenvalue weighted by Crippen LogP contribution is -2.49. The molecule has 28 heavy (non-hydrogen) atoms. The summed E-state index contributed by atoms with van der Waals surface area (Å²) in [6.07, 6.45) is -18.6. The summed E-state index contributed by atoms with van der Waals surface area (Å²) in [6, 6.07) is 0. The van der Waals surface area contributed by atoms with E-state index in [9.17, 15) is 44.6 Å². The maximum absolute atomic E-state index is 11.7. The van der Waals surface area contributed by atoms with Crippen LogP contribution in [0.4, 0.5) is 0 Å². The van der Waals surface area contributed by atoms with Crippen LogP contribution in [0.3, 0.4) is 0 Å². The lowest BCUT2D eigenvalue weighted by molar-refractivity contribution is -0.164. The van der Waals surface area contributed by atoms with Gasteiger partial charge in [-0.15, -0.1) is 0 Å². The van der Waals surface area contributed by atoms with E-state index in [0.717, 1.165) is 0 Å². The molecule has 0 bridgehead atoms. The van der Waals surface area contributed by atoms with Gasteiger partial charge >= 0.3 is 13.8 Å². The van der Waals surface area contributed by atoms with E-state index >= 15 is 0 Å². The second kappa shape index (κ2) is 11.8. The number of aliphatic hydroxyl groups is 9. The van der Waals surface area contributed by atoms with Crippen molar-refractivity contribution < 1.29 is 74.1 Å². The van der Waals surface area contributed by atoms with Gasteiger partial charge in [-0.2, -0.15) is 0 Å². The zero-order valence-electron chi connectivity index (χ0n) is 14.1. The van der Waals surface area contributed by atoms with Crippen LogP contribution < -0.4 is 0 Å². The predicted octanol–water partition coefficient (Wildman–Crippen LogP) is -6.27. The highest BCUT2D eigenvalue weighted by Crippen LogP contribution is 2.45. The molecule has 0 aliphatic rings. The monoisotopic (exact) mass is 438 g/mol. The minimum atomic E-state index is -5.57. The number of phosphoric acid groups is 1. The maximum Gasteiger partial charge on any atom is 0.530 e. The van der Waals surface area contributed by atoms with Crippen LogP contribution in [-0.2, 0) is 23.2 Å². The molecule has 16 heteroatoms. The maximum atomic E-state index is 11.7. The van der Waals surface area contributed by atoms with Gasteiger partial charge in [0.2, 0.25) is 0 Å². The zero-order valence-corrected chi connectivity index (χ0v) is 15.0. The SMILES string of the molecule is O=C[C@H](OP(=O)(O)OC(=O)[C@H](O)[C@@H](O)[C@@H](O)[C@H](O)CO)[C@@H](O)[C@@H](O)[C@H](O)CO. The molecule has 166 valence electrons. The molecule has 0 aromatic carbocycles. The molecule has 0 amide bonds. The number of aldehydes is 1. The lowest BCUT2D eigenvalue weighted by Gasteiger charge is -2.27. The number of hydrogen-bond donors (Lipinski definition) is 10. The van der Waals surface area contributed by atoms with Gasteiger partial charge in [0.25, 0.3) is 0 Å². The van der Waals surface area contributed by atoms with E-state index in [1.807, 2.05) is 0 Å². The van der Waals surface area contributed by atoms with Crippen molar-refractivity contribution in [1.29, 1.82) is 0 Å². The molecular formula is C12H23O15P. The van der Waals surface area contributed by atoms with Crippen LogP contribution in [-0.4, -0.2) is 125 Å². The summed E-state index contributed by atoms with van der Waals surface area (Å²) < 4.78 is 19.7. The Kier molecular flexibility index (Phi) is 11.4. The van der Waals surface area contributed by atoms with Crippen LogP contribution >= 0.6 is 7.82 Å². The molecule has 0 aliphatic carbocycles. The van der Waals surface area contributed by atoms with Gasteiger partial charge in [0.15, 0.2) is 18.5 Å². The van der Waals surface area contributed by atoms with Crippen molar-refractivity contribution in [2.45, 2.75) is 48.8 Å². The molecule has 0 aromatic heterocycles. The molecular weight excluding hydrogens is 415 g/mol. The standard InChI is InChI=1S/C12H23O15P/c13-1-4(16)7(18)9(20)6(3-15)26-28(24,25)27-12(23)11(22)10(21)8(19)5(17)2-14/h3-11,13-14,16-22H,1-2H2,(H,24,25)/t4-,5-,6+,7+,8+,9-,10+,11-/m1/s1. The van der Waals surface area contributed by atoms with E-state index in [4.69, 9.17) is 20.4 Å². The van der Waals surface area contributed by atoms with Gasteiger partial charge < -0.3 is 55.3 Å². The second-order valence-electron chi connectivity index (χ2n) is 5.49. The average molecular weight is 438 g/mol. The Hall–Kier alpha value is -1.07. The second-order valence-corrected chi connectivity index (χ2v) is 6.82. The quantitative estimate of drug-likeness (QED) is 0.0946. The molecule has 0 radical (unpaired) electrons. The molecule has 1 unspecified atom stereocenters. The molecule has 15 nitrogen and oxygen atoms in total. The van der Waals surface area contributed by atoms with Crippen LogP contribution in [0.1, 0.15) is 0 Å². The highest BCUT2D eigenvalue weighted by molar-refractivity contribution is 7.48. The van der Waals surface area contributed by atoms with Crippen molar-refractivity contribution in [3.05, 3.63) is 0 Å². The minimum Gasteiger partial charge on any atom is -0.394 e. The molecule has 0 aliphatic heterocycles. The normalized spacial score (nSPS) is 22.6. The van der Waals surface area contributed by atoms with Crippen LogP contribution in [0, 0.1) is 0 Å². The summed E-state index contributed by atoms with van der Waals surface area (Å²) in [5.41, 5.74) is 0. The molecule has 0 aromatic rings. The van der Waals surface area contributed by atoms with Crippen LogP contribution in [0.25, 0.3) is 0 Å². The minimum absolute atomic E-state index is 0.304. The Labute approximate surface area is 157 Å². The van der Waals surface area contributed by atoms with E-state index in [2.05, 4.69) is 9.05 Å². The highest BCUT2D eigenvalue weighted by Gasteiger charge is 2.42. The lowest BCUT2D eigenvalue weighted by atomic mass is 10.0. The first-order valence-electron chi connectivity index (χ1n) is 7.51. The van der Waals surface area contributed by atoms with Crippen molar-refractivity contribution in [2.75, 3.05) is 13.2 Å². The molecule has 0 saturated carbocycles. The number of rotatable bonds is 13. The molecule has 0 rings (SSSR count). The number of carbonyl (C=O) groups excluding carboxylic acids is 2. The fourth-order valence-electron chi connectivity index (χ4n) is 1.70. The zero-order chi connectivity index (χ0) is 22.2. The fourth-order valence-corrected chi connectivity index (χ4v) is 2.56. The van der Waals surface area contributed by atoms with E-state index < -0.39 is 75.8 Å². The average Bonchev–Trinajstić information content (AvgIpc) is 2.67. The number of hydrogen-bond acceptors (Lipinski definition) is 14. The Morgan fingerprint density at radius 3 is 1.68 bits per heavy atom. The molecule has 9 atom stereocenters. The summed E-state index contributed by atoms with van der Waals surface area (Å²) in [4.78, 5) is 31.9. The third-order valence-electron chi connectivity index (χ3n) is 3.36. The topological polar surface area (TPSA) is 272 Å². The Bertz CT molecular complexity index is 543. The molecule has 0 heterocycles. The summed E-state index contributed by atoms with van der Waals surface area (Å²) in [5, 5.41) is 82.9. The molecule has 10 N–H and O–H groups in total. The van der Waals surface area contributed by atoms with E-state index in [0.29, 0.717) is 0 Å². The summed E-state index contributed by atoms with van der Waals surface area (Å²) in [7, 11) is -5.57. The van der Waals surface area contributed by atoms with Crippen LogP contribution in [0.15, 0.2) is 0 Å². The van der Waals surface area contributed by atoms with Crippen molar-refractivity contribution in [3.8, 4) is 0 Å². The van der Waals surface area contributed by atoms with Crippen molar-refractivity contribution >= 4 is 20.1 Å². The van der Waals surface area contributed by atoms with Gasteiger partial charge in [0.05, 0.1) is 13.2 Å². The van der Waals surface area contributed by atoms with Gasteiger partial charge in [0, 0.05) is 0 Å². The Morgan fingerprint density at radius 2 is 1.29 bits per heavy atom. The summed E-state index contributed by atoms with van der Waals surface area (Å²) >= 11 is 0. The van der Waals surface area contributed by atoms with Crippen LogP contribution in [0.2, 0.25) is 0 Å². The predicted molar refractivity (Wildman–Crippen MR) is 83.1 cm³/mol. The number of phosphoric ester groups is 1. The Balaban J connectivity index is 5.08. The van der Waals surface area contributed by atoms with E-state index in [1.165, 1.54) is 0 Å². The van der Waals surface area contributed by atoms with Crippen LogP contribution in [0.5, 0.6) is 0 Å². The third-order valence-corrected chi connectivity index (χ3v) is 4.28. The van der Waals surface area contributed by atoms with Crippen molar-refractivity contribution in [1.82, 2.24) is 0 Å². The fraction of sp³-hybridized carbons (Fsp3) is 0.833. The first kappa shape index (κ1) is 26.9. The van der Waals surface area contributed by atoms with Gasteiger partial charge in [0.1, 0.15) is 36.6 Å². The van der Waals surface area contributed by atoms with Crippen molar-refractivity contribution in [3.63, 3.8) is 0 Å². The first-order chi connectivity index (χ1) is 12.8. The number of carbonyl (C=O) groups is 2. The van der Waals surface area contributed by atoms with E-state index in [1.54, 1.807) is 0 Å². The summed E-state index contributed by atoms with van der Waals surface area (Å²) in [6.45, 7) is -2.12. The van der Waals surface area contributed by atoms with E-state index in [-0.39, 0.29) is 6.29 Å².